The van der Waals surface area contributed by atoms with Crippen molar-refractivity contribution in [2.45, 2.75) is 46.2 Å². The summed E-state index contributed by atoms with van der Waals surface area (Å²) in [6.45, 7) is 7.82. The van der Waals surface area contributed by atoms with Gasteiger partial charge in [0.05, 0.1) is 23.1 Å². The van der Waals surface area contributed by atoms with Crippen LogP contribution < -0.4 is 4.90 Å². The van der Waals surface area contributed by atoms with Gasteiger partial charge in [0.25, 0.3) is 0 Å². The number of piperidine rings is 1. The van der Waals surface area contributed by atoms with E-state index < -0.39 is 22.7 Å². The Kier molecular flexibility index (Phi) is 6.94. The quantitative estimate of drug-likeness (QED) is 0.655. The van der Waals surface area contributed by atoms with Crippen LogP contribution in [0.25, 0.3) is 0 Å². The van der Waals surface area contributed by atoms with Crippen molar-refractivity contribution in [3.8, 4) is 6.07 Å². The molecule has 2 saturated heterocycles. The Bertz CT molecular complexity index is 983. The molecule has 0 N–H and O–H groups in total. The maximum Gasteiger partial charge on any atom is 0.417 e. The molecular weight excluding hydrogens is 445 g/mol. The molecule has 1 aromatic rings. The Morgan fingerprint density at radius 3 is 2.29 bits per heavy atom. The van der Waals surface area contributed by atoms with Crippen LogP contribution in [0.1, 0.15) is 51.2 Å². The monoisotopic (exact) mass is 478 g/mol. The smallest absolute Gasteiger partial charge is 0.371 e. The van der Waals surface area contributed by atoms with Gasteiger partial charge in [-0.1, -0.05) is 20.8 Å². The lowest BCUT2D eigenvalue weighted by molar-refractivity contribution is -0.138. The second-order valence-electron chi connectivity index (χ2n) is 11.0. The zero-order valence-electron chi connectivity index (χ0n) is 20.5. The first-order valence-electron chi connectivity index (χ1n) is 11.5. The number of hydrogen-bond acceptors (Lipinski definition) is 4. The van der Waals surface area contributed by atoms with Gasteiger partial charge in [0, 0.05) is 57.8 Å². The van der Waals surface area contributed by atoms with Crippen LogP contribution in [0.15, 0.2) is 18.2 Å². The highest BCUT2D eigenvalue weighted by Crippen LogP contribution is 2.47. The number of alkyl halides is 3. The Morgan fingerprint density at radius 1 is 1.18 bits per heavy atom. The molecule has 0 radical (unpaired) electrons. The van der Waals surface area contributed by atoms with Crippen LogP contribution in [0.4, 0.5) is 18.9 Å². The number of benzene rings is 1. The third kappa shape index (κ3) is 5.31. The minimum Gasteiger partial charge on any atom is -0.371 e. The molecule has 3 rings (SSSR count). The summed E-state index contributed by atoms with van der Waals surface area (Å²) in [4.78, 5) is 31.3. The summed E-state index contributed by atoms with van der Waals surface area (Å²) in [5.41, 5.74) is -1.48. The van der Waals surface area contributed by atoms with Crippen LogP contribution in [0, 0.1) is 28.1 Å². The lowest BCUT2D eigenvalue weighted by Gasteiger charge is -2.43. The number of anilines is 1. The van der Waals surface area contributed by atoms with E-state index in [2.05, 4.69) is 0 Å². The third-order valence-electron chi connectivity index (χ3n) is 6.97. The summed E-state index contributed by atoms with van der Waals surface area (Å²) in [5.74, 6) is -0.317. The molecule has 34 heavy (non-hydrogen) atoms. The second kappa shape index (κ2) is 9.12. The van der Waals surface area contributed by atoms with E-state index in [0.29, 0.717) is 51.1 Å². The molecule has 1 aromatic carbocycles. The topological polar surface area (TPSA) is 67.7 Å². The van der Waals surface area contributed by atoms with Crippen molar-refractivity contribution in [3.05, 3.63) is 29.3 Å². The molecule has 1 spiro atoms. The average Bonchev–Trinajstić information content (AvgIpc) is 3.10. The predicted octanol–water partition coefficient (Wildman–Crippen LogP) is 4.15. The van der Waals surface area contributed by atoms with E-state index in [1.807, 2.05) is 25.7 Å². The Hall–Kier alpha value is -2.76. The molecule has 0 aromatic heterocycles. The minimum absolute atomic E-state index is 0.0164. The molecule has 9 heteroatoms. The van der Waals surface area contributed by atoms with Gasteiger partial charge < -0.3 is 14.7 Å². The number of rotatable bonds is 3. The van der Waals surface area contributed by atoms with Gasteiger partial charge >= 0.3 is 6.18 Å². The number of carbonyl (C=O) groups is 2. The van der Waals surface area contributed by atoms with Gasteiger partial charge in [-0.2, -0.15) is 18.4 Å². The van der Waals surface area contributed by atoms with E-state index in [4.69, 9.17) is 5.26 Å². The van der Waals surface area contributed by atoms with Crippen molar-refractivity contribution in [1.82, 2.24) is 9.80 Å². The van der Waals surface area contributed by atoms with Gasteiger partial charge in [0.15, 0.2) is 0 Å². The fourth-order valence-corrected chi connectivity index (χ4v) is 5.15. The minimum atomic E-state index is -4.61. The van der Waals surface area contributed by atoms with E-state index in [9.17, 15) is 22.8 Å². The molecule has 2 fully saturated rings. The molecule has 0 saturated carbocycles. The van der Waals surface area contributed by atoms with Crippen molar-refractivity contribution in [1.29, 1.82) is 5.26 Å². The highest BCUT2D eigenvalue weighted by molar-refractivity contribution is 5.83. The summed E-state index contributed by atoms with van der Waals surface area (Å²) >= 11 is 0. The molecule has 0 aliphatic carbocycles. The molecule has 186 valence electrons. The SMILES string of the molecule is CN(C)C(=O)C1CN(C(=O)CC(C)(C)C)CC12CCN(c1ccc(C#N)c(C(F)(F)F)c1)CC2. The highest BCUT2D eigenvalue weighted by Gasteiger charge is 2.52. The number of carbonyl (C=O) groups excluding carboxylic acids is 2. The van der Waals surface area contributed by atoms with Gasteiger partial charge in [-0.15, -0.1) is 0 Å². The molecule has 2 amide bonds. The largest absolute Gasteiger partial charge is 0.417 e. The molecule has 2 aliphatic heterocycles. The average molecular weight is 479 g/mol. The fraction of sp³-hybridized carbons (Fsp3) is 0.640. The van der Waals surface area contributed by atoms with E-state index in [1.54, 1.807) is 36.0 Å². The third-order valence-corrected chi connectivity index (χ3v) is 6.97. The summed E-state index contributed by atoms with van der Waals surface area (Å²) in [7, 11) is 3.42. The van der Waals surface area contributed by atoms with Crippen LogP contribution in [-0.2, 0) is 15.8 Å². The molecule has 1 unspecified atom stereocenters. The molecule has 2 heterocycles. The van der Waals surface area contributed by atoms with Crippen molar-refractivity contribution < 1.29 is 22.8 Å². The summed E-state index contributed by atoms with van der Waals surface area (Å²) in [6.07, 6.45) is -3.03. The summed E-state index contributed by atoms with van der Waals surface area (Å²) < 4.78 is 40.3. The van der Waals surface area contributed by atoms with Crippen LogP contribution in [0.2, 0.25) is 0 Å². The zero-order chi connectivity index (χ0) is 25.5. The number of halogens is 3. The van der Waals surface area contributed by atoms with E-state index in [1.165, 1.54) is 6.07 Å². The highest BCUT2D eigenvalue weighted by atomic mass is 19.4. The Labute approximate surface area is 199 Å². The van der Waals surface area contributed by atoms with Gasteiger partial charge in [0.2, 0.25) is 11.8 Å². The number of likely N-dealkylation sites (tertiary alicyclic amines) is 1. The fourth-order valence-electron chi connectivity index (χ4n) is 5.15. The first kappa shape index (κ1) is 25.9. The van der Waals surface area contributed by atoms with Gasteiger partial charge in [-0.25, -0.2) is 0 Å². The van der Waals surface area contributed by atoms with Crippen molar-refractivity contribution in [3.63, 3.8) is 0 Å². The van der Waals surface area contributed by atoms with Crippen LogP contribution in [-0.4, -0.2) is 61.9 Å². The van der Waals surface area contributed by atoms with Gasteiger partial charge in [0.1, 0.15) is 0 Å². The number of nitrogens with zero attached hydrogens (tertiary/aromatic N) is 4. The molecule has 6 nitrogen and oxygen atoms in total. The normalized spacial score (nSPS) is 20.4. The lowest BCUT2D eigenvalue weighted by atomic mass is 9.70. The van der Waals surface area contributed by atoms with Gasteiger partial charge in [-0.05, 0) is 36.5 Å². The molecule has 1 atom stereocenters. The van der Waals surface area contributed by atoms with Crippen LogP contribution >= 0.6 is 0 Å². The second-order valence-corrected chi connectivity index (χ2v) is 11.0. The van der Waals surface area contributed by atoms with Crippen molar-refractivity contribution in [2.24, 2.45) is 16.7 Å². The molecule has 2 aliphatic rings. The van der Waals surface area contributed by atoms with Gasteiger partial charge in [-0.3, -0.25) is 9.59 Å². The summed E-state index contributed by atoms with van der Waals surface area (Å²) in [5, 5.41) is 9.06. The molecule has 0 bridgehead atoms. The number of amides is 2. The molecular formula is C25H33F3N4O2. The first-order valence-corrected chi connectivity index (χ1v) is 11.5. The van der Waals surface area contributed by atoms with E-state index in [-0.39, 0.29) is 23.1 Å². The number of nitriles is 1. The zero-order valence-corrected chi connectivity index (χ0v) is 20.5. The maximum atomic E-state index is 13.4. The predicted molar refractivity (Wildman–Crippen MR) is 123 cm³/mol. The standard InChI is InChI=1S/C25H33F3N4O2/c1-23(2,3)13-21(33)32-15-20(22(34)30(4)5)24(16-32)8-10-31(11-9-24)18-7-6-17(14-29)19(12-18)25(26,27)28/h6-7,12,20H,8-11,13,15-16H2,1-5H3. The van der Waals surface area contributed by atoms with Crippen LogP contribution in [0.5, 0.6) is 0 Å². The van der Waals surface area contributed by atoms with Crippen LogP contribution in [0.3, 0.4) is 0 Å². The number of hydrogen-bond donors (Lipinski definition) is 0. The van der Waals surface area contributed by atoms with Crippen molar-refractivity contribution >= 4 is 17.5 Å². The first-order chi connectivity index (χ1) is 15.7. The maximum absolute atomic E-state index is 13.4. The van der Waals surface area contributed by atoms with Crippen molar-refractivity contribution in [2.75, 3.05) is 45.2 Å². The Balaban J connectivity index is 1.82. The summed E-state index contributed by atoms with van der Waals surface area (Å²) in [6, 6.07) is 5.40. The Morgan fingerprint density at radius 2 is 1.79 bits per heavy atom. The lowest BCUT2D eigenvalue weighted by Crippen LogP contribution is -2.48. The van der Waals surface area contributed by atoms with E-state index >= 15 is 0 Å². The van der Waals surface area contributed by atoms with E-state index in [0.717, 1.165) is 6.07 Å².